The Kier molecular flexibility index (Phi) is 3.86. The van der Waals surface area contributed by atoms with Crippen LogP contribution >= 0.6 is 0 Å². The third-order valence-electron chi connectivity index (χ3n) is 6.44. The average Bonchev–Trinajstić information content (AvgIpc) is 3.48. The molecule has 3 aliphatic rings. The van der Waals surface area contributed by atoms with E-state index in [-0.39, 0.29) is 52.1 Å². The van der Waals surface area contributed by atoms with Crippen LogP contribution in [0.1, 0.15) is 49.9 Å². The van der Waals surface area contributed by atoms with Gasteiger partial charge >= 0.3 is 0 Å². The van der Waals surface area contributed by atoms with Gasteiger partial charge in [0, 0.05) is 29.5 Å². The van der Waals surface area contributed by atoms with Gasteiger partial charge in [0.2, 0.25) is 5.78 Å². The Hall–Kier alpha value is -3.19. The minimum atomic E-state index is -0.887. The highest BCUT2D eigenvalue weighted by Crippen LogP contribution is 2.54. The molecule has 1 aliphatic heterocycles. The maximum absolute atomic E-state index is 13.6. The lowest BCUT2D eigenvalue weighted by atomic mass is 9.74. The van der Waals surface area contributed by atoms with Gasteiger partial charge in [-0.15, -0.1) is 0 Å². The van der Waals surface area contributed by atoms with Crippen LogP contribution in [0, 0.1) is 0 Å². The molecule has 0 spiro atoms. The number of epoxide rings is 1. The molecule has 0 aromatic heterocycles. The Morgan fingerprint density at radius 3 is 2.27 bits per heavy atom. The van der Waals surface area contributed by atoms with Crippen molar-refractivity contribution in [2.75, 3.05) is 21.3 Å². The average molecular weight is 408 g/mol. The van der Waals surface area contributed by atoms with Crippen molar-refractivity contribution >= 4 is 17.3 Å². The van der Waals surface area contributed by atoms with E-state index < -0.39 is 5.60 Å². The molecule has 7 heteroatoms. The number of hydrogen-bond acceptors (Lipinski definition) is 7. The van der Waals surface area contributed by atoms with Gasteiger partial charge in [-0.2, -0.15) is 0 Å². The maximum atomic E-state index is 13.6. The van der Waals surface area contributed by atoms with Gasteiger partial charge in [0.1, 0.15) is 17.2 Å². The minimum absolute atomic E-state index is 0.0608. The van der Waals surface area contributed by atoms with Crippen LogP contribution in [0.15, 0.2) is 18.2 Å². The molecule has 0 amide bonds. The lowest BCUT2D eigenvalue weighted by Crippen LogP contribution is -2.34. The Labute approximate surface area is 172 Å². The molecule has 0 radical (unpaired) electrons. The molecule has 0 bridgehead atoms. The number of methoxy groups -OCH3 is 3. The van der Waals surface area contributed by atoms with Gasteiger partial charge in [0.15, 0.2) is 17.2 Å². The highest BCUT2D eigenvalue weighted by atomic mass is 16.6. The van der Waals surface area contributed by atoms with Crippen LogP contribution in [-0.4, -0.2) is 50.4 Å². The van der Waals surface area contributed by atoms with E-state index in [1.165, 1.54) is 28.3 Å². The molecule has 2 aromatic rings. The van der Waals surface area contributed by atoms with Gasteiger partial charge in [-0.3, -0.25) is 14.4 Å². The Morgan fingerprint density at radius 1 is 0.967 bits per heavy atom. The summed E-state index contributed by atoms with van der Waals surface area (Å²) in [6, 6.07) is 4.92. The summed E-state index contributed by atoms with van der Waals surface area (Å²) in [5.41, 5.74) is 1.35. The van der Waals surface area contributed by atoms with E-state index in [9.17, 15) is 14.4 Å². The summed E-state index contributed by atoms with van der Waals surface area (Å²) in [7, 11) is 4.39. The summed E-state index contributed by atoms with van der Waals surface area (Å²) in [5, 5.41) is 0. The molecule has 154 valence electrons. The van der Waals surface area contributed by atoms with Crippen molar-refractivity contribution in [2.45, 2.75) is 31.5 Å². The molecule has 7 nitrogen and oxygen atoms in total. The van der Waals surface area contributed by atoms with Crippen LogP contribution < -0.4 is 14.2 Å². The topological polar surface area (TPSA) is 91.4 Å². The van der Waals surface area contributed by atoms with Crippen molar-refractivity contribution in [3.63, 3.8) is 0 Å². The van der Waals surface area contributed by atoms with Gasteiger partial charge in [0.05, 0.1) is 44.1 Å². The van der Waals surface area contributed by atoms with Crippen molar-refractivity contribution in [2.24, 2.45) is 0 Å². The van der Waals surface area contributed by atoms with E-state index in [1.54, 1.807) is 18.2 Å². The molecule has 1 heterocycles. The highest BCUT2D eigenvalue weighted by Gasteiger charge is 2.63. The van der Waals surface area contributed by atoms with Crippen LogP contribution in [0.25, 0.3) is 0 Å². The number of rotatable bonds is 4. The molecule has 1 saturated heterocycles. The van der Waals surface area contributed by atoms with E-state index in [0.717, 1.165) is 5.56 Å². The second-order valence-corrected chi connectivity index (χ2v) is 7.75. The fourth-order valence-corrected chi connectivity index (χ4v) is 4.94. The van der Waals surface area contributed by atoms with Gasteiger partial charge in [-0.25, -0.2) is 0 Å². The predicted molar refractivity (Wildman–Crippen MR) is 105 cm³/mol. The molecule has 1 fully saturated rings. The molecule has 2 unspecified atom stereocenters. The standard InChI is InChI=1S/C23H20O7/c1-10(24)23-9-13-12(8-15(23)30-23)21(28-3)18-17(22(13)29-4)19(25)11-6-5-7-14(27-2)16(11)20(18)26/h5-7,15H,8-9H2,1-4H3. The van der Waals surface area contributed by atoms with Gasteiger partial charge in [0.25, 0.3) is 0 Å². The Balaban J connectivity index is 1.82. The van der Waals surface area contributed by atoms with Crippen molar-refractivity contribution in [3.8, 4) is 17.2 Å². The summed E-state index contributed by atoms with van der Waals surface area (Å²) < 4.78 is 22.5. The third-order valence-corrected chi connectivity index (χ3v) is 6.44. The summed E-state index contributed by atoms with van der Waals surface area (Å²) in [5.74, 6) is 0.221. The van der Waals surface area contributed by atoms with Crippen LogP contribution in [0.3, 0.4) is 0 Å². The van der Waals surface area contributed by atoms with E-state index in [2.05, 4.69) is 0 Å². The molecule has 0 saturated carbocycles. The second kappa shape index (κ2) is 6.15. The fraction of sp³-hybridized carbons (Fsp3) is 0.348. The number of fused-ring (bicyclic) bond motifs is 4. The fourth-order valence-electron chi connectivity index (χ4n) is 4.94. The minimum Gasteiger partial charge on any atom is -0.496 e. The Bertz CT molecular complexity index is 1160. The first-order chi connectivity index (χ1) is 14.4. The largest absolute Gasteiger partial charge is 0.496 e. The number of Topliss-reactive ketones (excluding diaryl/α,β-unsaturated/α-hetero) is 1. The van der Waals surface area contributed by atoms with Crippen molar-refractivity contribution in [1.82, 2.24) is 0 Å². The molecule has 0 N–H and O–H groups in total. The molecule has 2 aliphatic carbocycles. The zero-order chi connectivity index (χ0) is 21.4. The SMILES string of the molecule is COc1cccc2c1C(=O)c1c(OC)c3c(c(OC)c1C2=O)CC1(C(C)=O)OC1C3. The van der Waals surface area contributed by atoms with Crippen molar-refractivity contribution < 1.29 is 33.3 Å². The first-order valence-electron chi connectivity index (χ1n) is 9.64. The summed E-state index contributed by atoms with van der Waals surface area (Å²) >= 11 is 0. The monoisotopic (exact) mass is 408 g/mol. The lowest BCUT2D eigenvalue weighted by Gasteiger charge is -2.29. The lowest BCUT2D eigenvalue weighted by molar-refractivity contribution is -0.122. The van der Waals surface area contributed by atoms with Crippen LogP contribution in [0.2, 0.25) is 0 Å². The summed E-state index contributed by atoms with van der Waals surface area (Å²) in [4.78, 5) is 39.3. The number of ether oxygens (including phenoxy) is 4. The van der Waals surface area contributed by atoms with Gasteiger partial charge in [-0.1, -0.05) is 12.1 Å². The number of carbonyl (C=O) groups is 3. The Morgan fingerprint density at radius 2 is 1.63 bits per heavy atom. The van der Waals surface area contributed by atoms with E-state index in [0.29, 0.717) is 29.2 Å². The van der Waals surface area contributed by atoms with E-state index >= 15 is 0 Å². The molecular weight excluding hydrogens is 388 g/mol. The molecular formula is C23H20O7. The third kappa shape index (κ3) is 2.15. The second-order valence-electron chi connectivity index (χ2n) is 7.75. The molecule has 30 heavy (non-hydrogen) atoms. The maximum Gasteiger partial charge on any atom is 0.202 e. The number of ketones is 3. The van der Waals surface area contributed by atoms with Crippen molar-refractivity contribution in [1.29, 1.82) is 0 Å². The van der Waals surface area contributed by atoms with Crippen molar-refractivity contribution in [3.05, 3.63) is 51.6 Å². The summed E-state index contributed by atoms with van der Waals surface area (Å²) in [6.07, 6.45) is 0.416. The number of hydrogen-bond donors (Lipinski definition) is 0. The highest BCUT2D eigenvalue weighted by molar-refractivity contribution is 6.31. The normalized spacial score (nSPS) is 23.0. The van der Waals surface area contributed by atoms with Gasteiger partial charge in [-0.05, 0) is 13.0 Å². The van der Waals surface area contributed by atoms with Gasteiger partial charge < -0.3 is 18.9 Å². The first kappa shape index (κ1) is 18.8. The zero-order valence-corrected chi connectivity index (χ0v) is 17.1. The first-order valence-corrected chi connectivity index (χ1v) is 9.64. The predicted octanol–water partition coefficient (Wildman–Crippen LogP) is 2.31. The van der Waals surface area contributed by atoms with Crippen LogP contribution in [-0.2, 0) is 22.4 Å². The zero-order valence-electron chi connectivity index (χ0n) is 17.1. The smallest absolute Gasteiger partial charge is 0.202 e. The quantitative estimate of drug-likeness (QED) is 0.612. The van der Waals surface area contributed by atoms with E-state index in [4.69, 9.17) is 18.9 Å². The molecule has 2 atom stereocenters. The van der Waals surface area contributed by atoms with E-state index in [1.807, 2.05) is 0 Å². The van der Waals surface area contributed by atoms with Crippen LogP contribution in [0.5, 0.6) is 17.2 Å². The summed E-state index contributed by atoms with van der Waals surface area (Å²) in [6.45, 7) is 1.50. The molecule has 5 rings (SSSR count). The molecule has 2 aromatic carbocycles. The van der Waals surface area contributed by atoms with Crippen LogP contribution in [0.4, 0.5) is 0 Å². The number of benzene rings is 2. The number of carbonyl (C=O) groups excluding carboxylic acids is 3.